The first-order chi connectivity index (χ1) is 12.7. The minimum atomic E-state index is -4.81. The van der Waals surface area contributed by atoms with E-state index in [0.717, 1.165) is 35.5 Å². The molecule has 1 heterocycles. The van der Waals surface area contributed by atoms with Gasteiger partial charge in [-0.2, -0.15) is 4.31 Å². The maximum Gasteiger partial charge on any atom is 0.573 e. The van der Waals surface area contributed by atoms with Crippen LogP contribution in [0.4, 0.5) is 18.9 Å². The molecule has 0 bridgehead atoms. The van der Waals surface area contributed by atoms with Crippen LogP contribution in [0.3, 0.4) is 0 Å². The van der Waals surface area contributed by atoms with E-state index in [9.17, 15) is 21.6 Å². The molecule has 5 nitrogen and oxygen atoms in total. The summed E-state index contributed by atoms with van der Waals surface area (Å²) in [5.74, 6) is -0.453. The molecule has 9 heteroatoms. The summed E-state index contributed by atoms with van der Waals surface area (Å²) >= 11 is 0. The highest BCUT2D eigenvalue weighted by atomic mass is 32.2. The van der Waals surface area contributed by atoms with Gasteiger partial charge in [-0.1, -0.05) is 18.2 Å². The molecule has 3 rings (SSSR count). The first-order valence-corrected chi connectivity index (χ1v) is 9.77. The predicted molar refractivity (Wildman–Crippen MR) is 95.3 cm³/mol. The smallest absolute Gasteiger partial charge is 0.406 e. The molecular weight excluding hydrogens is 381 g/mol. The van der Waals surface area contributed by atoms with Crippen LogP contribution in [-0.2, 0) is 10.0 Å². The minimum absolute atomic E-state index is 0.0543. The van der Waals surface area contributed by atoms with Crippen LogP contribution in [0, 0.1) is 6.92 Å². The standard InChI is InChI=1S/C18H19F3N2O3S/c1-14-4-2-3-5-17(14)22-10-12-23(13-11-22)27(24,25)16-8-6-15(7-9-16)26-18(19,20)21/h2-9H,10-13H2,1H3. The molecule has 0 spiro atoms. The van der Waals surface area contributed by atoms with Crippen molar-refractivity contribution in [1.82, 2.24) is 4.31 Å². The largest absolute Gasteiger partial charge is 0.573 e. The van der Waals surface area contributed by atoms with Crippen molar-refractivity contribution in [3.8, 4) is 5.75 Å². The molecule has 0 aromatic heterocycles. The lowest BCUT2D eigenvalue weighted by Crippen LogP contribution is -2.48. The van der Waals surface area contributed by atoms with Crippen LogP contribution < -0.4 is 9.64 Å². The van der Waals surface area contributed by atoms with Crippen LogP contribution in [0.2, 0.25) is 0 Å². The number of sulfonamides is 1. The third-order valence-corrected chi connectivity index (χ3v) is 6.30. The number of halogens is 3. The fourth-order valence-corrected chi connectivity index (χ4v) is 4.47. The summed E-state index contributed by atoms with van der Waals surface area (Å²) in [4.78, 5) is 2.07. The highest BCUT2D eigenvalue weighted by molar-refractivity contribution is 7.89. The number of nitrogens with zero attached hydrogens (tertiary/aromatic N) is 2. The molecule has 1 aliphatic heterocycles. The topological polar surface area (TPSA) is 49.9 Å². The molecule has 1 saturated heterocycles. The molecular formula is C18H19F3N2O3S. The highest BCUT2D eigenvalue weighted by Gasteiger charge is 2.32. The normalized spacial score (nSPS) is 16.4. The Kier molecular flexibility index (Phi) is 5.34. The maximum atomic E-state index is 12.7. The summed E-state index contributed by atoms with van der Waals surface area (Å²) in [7, 11) is -3.77. The van der Waals surface area contributed by atoms with Gasteiger partial charge in [0.15, 0.2) is 0 Å². The molecule has 27 heavy (non-hydrogen) atoms. The average molecular weight is 400 g/mol. The third kappa shape index (κ3) is 4.54. The predicted octanol–water partition coefficient (Wildman–Crippen LogP) is 3.40. The van der Waals surface area contributed by atoms with E-state index >= 15 is 0 Å². The number of hydrogen-bond acceptors (Lipinski definition) is 4. The van der Waals surface area contributed by atoms with E-state index in [2.05, 4.69) is 9.64 Å². The molecule has 0 aliphatic carbocycles. The Morgan fingerprint density at radius 1 is 0.926 bits per heavy atom. The number of ether oxygens (including phenoxy) is 1. The van der Waals surface area contributed by atoms with Gasteiger partial charge < -0.3 is 9.64 Å². The quantitative estimate of drug-likeness (QED) is 0.789. The lowest BCUT2D eigenvalue weighted by Gasteiger charge is -2.36. The van der Waals surface area contributed by atoms with Crippen LogP contribution in [-0.4, -0.2) is 45.3 Å². The number of anilines is 1. The van der Waals surface area contributed by atoms with E-state index in [1.54, 1.807) is 0 Å². The second-order valence-corrected chi connectivity index (χ2v) is 8.13. The molecule has 1 aliphatic rings. The van der Waals surface area contributed by atoms with Gasteiger partial charge in [-0.3, -0.25) is 0 Å². The average Bonchev–Trinajstić information content (AvgIpc) is 2.61. The summed E-state index contributed by atoms with van der Waals surface area (Å²) in [6, 6.07) is 12.2. The molecule has 0 amide bonds. The van der Waals surface area contributed by atoms with Gasteiger partial charge in [0.25, 0.3) is 0 Å². The monoisotopic (exact) mass is 400 g/mol. The number of piperazine rings is 1. The fourth-order valence-electron chi connectivity index (χ4n) is 3.05. The van der Waals surface area contributed by atoms with Crippen LogP contribution >= 0.6 is 0 Å². The van der Waals surface area contributed by atoms with Crippen molar-refractivity contribution in [2.45, 2.75) is 18.2 Å². The Balaban J connectivity index is 1.69. The summed E-state index contributed by atoms with van der Waals surface area (Å²) in [5.41, 5.74) is 2.19. The van der Waals surface area contributed by atoms with Crippen LogP contribution in [0.5, 0.6) is 5.75 Å². The van der Waals surface area contributed by atoms with Gasteiger partial charge in [-0.05, 0) is 42.8 Å². The van der Waals surface area contributed by atoms with Gasteiger partial charge in [-0.15, -0.1) is 13.2 Å². The number of alkyl halides is 3. The minimum Gasteiger partial charge on any atom is -0.406 e. The van der Waals surface area contributed by atoms with Crippen molar-refractivity contribution >= 4 is 15.7 Å². The molecule has 0 radical (unpaired) electrons. The molecule has 0 N–H and O–H groups in total. The summed E-state index contributed by atoms with van der Waals surface area (Å²) < 4.78 is 67.3. The van der Waals surface area contributed by atoms with Crippen LogP contribution in [0.25, 0.3) is 0 Å². The Morgan fingerprint density at radius 3 is 2.07 bits per heavy atom. The van der Waals surface area contributed by atoms with E-state index in [4.69, 9.17) is 0 Å². The maximum absolute atomic E-state index is 12.7. The molecule has 2 aromatic carbocycles. The second kappa shape index (κ2) is 7.40. The lowest BCUT2D eigenvalue weighted by molar-refractivity contribution is -0.274. The van der Waals surface area contributed by atoms with E-state index in [-0.39, 0.29) is 4.90 Å². The molecule has 1 fully saturated rings. The number of benzene rings is 2. The third-order valence-electron chi connectivity index (χ3n) is 4.39. The molecule has 0 unspecified atom stereocenters. The van der Waals surface area contributed by atoms with E-state index in [0.29, 0.717) is 26.2 Å². The Morgan fingerprint density at radius 2 is 1.52 bits per heavy atom. The van der Waals surface area contributed by atoms with E-state index in [1.807, 2.05) is 31.2 Å². The van der Waals surface area contributed by atoms with Crippen molar-refractivity contribution < 1.29 is 26.3 Å². The first kappa shape index (κ1) is 19.5. The number of para-hydroxylation sites is 1. The van der Waals surface area contributed by atoms with E-state index < -0.39 is 22.1 Å². The molecule has 2 aromatic rings. The SMILES string of the molecule is Cc1ccccc1N1CCN(S(=O)(=O)c2ccc(OC(F)(F)F)cc2)CC1. The number of hydrogen-bond donors (Lipinski definition) is 0. The molecule has 146 valence electrons. The van der Waals surface area contributed by atoms with Crippen LogP contribution in [0.1, 0.15) is 5.56 Å². The fraction of sp³-hybridized carbons (Fsp3) is 0.333. The Hall–Kier alpha value is -2.26. The van der Waals surface area contributed by atoms with Crippen molar-refractivity contribution in [2.24, 2.45) is 0 Å². The highest BCUT2D eigenvalue weighted by Crippen LogP contribution is 2.26. The summed E-state index contributed by atoms with van der Waals surface area (Å²) in [5, 5.41) is 0. The molecule has 0 atom stereocenters. The zero-order chi connectivity index (χ0) is 19.7. The summed E-state index contributed by atoms with van der Waals surface area (Å²) in [6.07, 6.45) is -4.81. The Bertz CT molecular complexity index is 891. The van der Waals surface area contributed by atoms with Crippen LogP contribution in [0.15, 0.2) is 53.4 Å². The van der Waals surface area contributed by atoms with Gasteiger partial charge >= 0.3 is 6.36 Å². The van der Waals surface area contributed by atoms with Gasteiger partial charge in [0.2, 0.25) is 10.0 Å². The summed E-state index contributed by atoms with van der Waals surface area (Å²) in [6.45, 7) is 3.69. The lowest BCUT2D eigenvalue weighted by atomic mass is 10.1. The van der Waals surface area contributed by atoms with Crippen molar-refractivity contribution in [2.75, 3.05) is 31.1 Å². The number of aryl methyl sites for hydroxylation is 1. The molecule has 0 saturated carbocycles. The second-order valence-electron chi connectivity index (χ2n) is 6.20. The van der Waals surface area contributed by atoms with Crippen molar-refractivity contribution in [3.63, 3.8) is 0 Å². The van der Waals surface area contributed by atoms with E-state index in [1.165, 1.54) is 4.31 Å². The number of rotatable bonds is 4. The van der Waals surface area contributed by atoms with Gasteiger partial charge in [0.05, 0.1) is 4.90 Å². The zero-order valence-electron chi connectivity index (χ0n) is 14.6. The zero-order valence-corrected chi connectivity index (χ0v) is 15.4. The first-order valence-electron chi connectivity index (χ1n) is 8.33. The van der Waals surface area contributed by atoms with Gasteiger partial charge in [-0.25, -0.2) is 8.42 Å². The van der Waals surface area contributed by atoms with Crippen molar-refractivity contribution in [3.05, 3.63) is 54.1 Å². The van der Waals surface area contributed by atoms with Gasteiger partial charge in [0.1, 0.15) is 5.75 Å². The van der Waals surface area contributed by atoms with Gasteiger partial charge in [0, 0.05) is 31.9 Å². The Labute approximate surface area is 156 Å². The van der Waals surface area contributed by atoms with Crippen molar-refractivity contribution in [1.29, 1.82) is 0 Å².